The van der Waals surface area contributed by atoms with Gasteiger partial charge in [0.2, 0.25) is 5.78 Å². The number of ether oxygens (including phenoxy) is 2. The van der Waals surface area contributed by atoms with Crippen LogP contribution in [0, 0.1) is 0 Å². The van der Waals surface area contributed by atoms with Crippen molar-refractivity contribution in [1.82, 2.24) is 0 Å². The van der Waals surface area contributed by atoms with Crippen LogP contribution < -0.4 is 4.74 Å². The standard InChI is InChI=1S/C24H24O4/c1-24(2,3)18-11-13-19(14-12-18)27-16-23(26)28-15-22(25)21-10-6-8-17-7-4-5-9-20(17)21/h4-14H,15-16H2,1-3H3. The van der Waals surface area contributed by atoms with Gasteiger partial charge in [-0.2, -0.15) is 0 Å². The van der Waals surface area contributed by atoms with Crippen LogP contribution in [0.15, 0.2) is 66.7 Å². The number of Topliss-reactive ketones (excluding diaryl/α,β-unsaturated/α-hetero) is 1. The van der Waals surface area contributed by atoms with Gasteiger partial charge in [-0.25, -0.2) is 4.79 Å². The average Bonchev–Trinajstić information content (AvgIpc) is 2.69. The second-order valence-corrected chi connectivity index (χ2v) is 7.67. The summed E-state index contributed by atoms with van der Waals surface area (Å²) in [5, 5.41) is 1.82. The first-order valence-electron chi connectivity index (χ1n) is 9.24. The highest BCUT2D eigenvalue weighted by Gasteiger charge is 2.15. The van der Waals surface area contributed by atoms with Crippen molar-refractivity contribution >= 4 is 22.5 Å². The summed E-state index contributed by atoms with van der Waals surface area (Å²) in [5.41, 5.74) is 1.78. The number of hydrogen-bond donors (Lipinski definition) is 0. The minimum atomic E-state index is -0.575. The molecule has 144 valence electrons. The Bertz CT molecular complexity index is 976. The van der Waals surface area contributed by atoms with Crippen LogP contribution in [0.2, 0.25) is 0 Å². The molecule has 3 rings (SSSR count). The number of hydrogen-bond acceptors (Lipinski definition) is 4. The number of carbonyl (C=O) groups excluding carboxylic acids is 2. The van der Waals surface area contributed by atoms with Crippen molar-refractivity contribution in [3.05, 3.63) is 77.9 Å². The molecule has 3 aromatic rings. The molecular weight excluding hydrogens is 352 g/mol. The molecule has 3 aromatic carbocycles. The van der Waals surface area contributed by atoms with E-state index in [1.54, 1.807) is 6.07 Å². The zero-order valence-corrected chi connectivity index (χ0v) is 16.4. The topological polar surface area (TPSA) is 52.6 Å². The fourth-order valence-corrected chi connectivity index (χ4v) is 2.93. The van der Waals surface area contributed by atoms with Gasteiger partial charge in [0.05, 0.1) is 0 Å². The molecular formula is C24H24O4. The first-order chi connectivity index (χ1) is 13.3. The van der Waals surface area contributed by atoms with E-state index in [1.807, 2.05) is 60.7 Å². The van der Waals surface area contributed by atoms with Gasteiger partial charge in [-0.3, -0.25) is 4.79 Å². The third-order valence-corrected chi connectivity index (χ3v) is 4.53. The summed E-state index contributed by atoms with van der Waals surface area (Å²) in [4.78, 5) is 24.4. The highest BCUT2D eigenvalue weighted by Crippen LogP contribution is 2.24. The lowest BCUT2D eigenvalue weighted by Crippen LogP contribution is -2.19. The van der Waals surface area contributed by atoms with E-state index in [9.17, 15) is 9.59 Å². The van der Waals surface area contributed by atoms with Crippen molar-refractivity contribution in [1.29, 1.82) is 0 Å². The van der Waals surface area contributed by atoms with Gasteiger partial charge in [0.25, 0.3) is 0 Å². The molecule has 28 heavy (non-hydrogen) atoms. The maximum atomic E-state index is 12.5. The SMILES string of the molecule is CC(C)(C)c1ccc(OCC(=O)OCC(=O)c2cccc3ccccc23)cc1. The summed E-state index contributed by atoms with van der Waals surface area (Å²) < 4.78 is 10.6. The third-order valence-electron chi connectivity index (χ3n) is 4.53. The summed E-state index contributed by atoms with van der Waals surface area (Å²) in [6.45, 7) is 5.85. The molecule has 0 aliphatic heterocycles. The van der Waals surface area contributed by atoms with Crippen LogP contribution in [0.4, 0.5) is 0 Å². The molecule has 0 bridgehead atoms. The summed E-state index contributed by atoms with van der Waals surface area (Å²) in [7, 11) is 0. The van der Waals surface area contributed by atoms with Gasteiger partial charge in [0.1, 0.15) is 5.75 Å². The lowest BCUT2D eigenvalue weighted by atomic mass is 9.87. The van der Waals surface area contributed by atoms with Crippen molar-refractivity contribution in [2.24, 2.45) is 0 Å². The molecule has 0 radical (unpaired) electrons. The molecule has 0 saturated carbocycles. The van der Waals surface area contributed by atoms with Crippen molar-refractivity contribution in [3.8, 4) is 5.75 Å². The summed E-state index contributed by atoms with van der Waals surface area (Å²) >= 11 is 0. The van der Waals surface area contributed by atoms with Gasteiger partial charge < -0.3 is 9.47 Å². The fraction of sp³-hybridized carbons (Fsp3) is 0.250. The number of ketones is 1. The first-order valence-corrected chi connectivity index (χ1v) is 9.24. The van der Waals surface area contributed by atoms with E-state index in [4.69, 9.17) is 9.47 Å². The predicted octanol–water partition coefficient (Wildman–Crippen LogP) is 4.94. The molecule has 4 heteroatoms. The van der Waals surface area contributed by atoms with Crippen LogP contribution in [-0.4, -0.2) is 25.0 Å². The normalized spacial score (nSPS) is 11.2. The predicted molar refractivity (Wildman–Crippen MR) is 110 cm³/mol. The van der Waals surface area contributed by atoms with Crippen molar-refractivity contribution < 1.29 is 19.1 Å². The van der Waals surface area contributed by atoms with Crippen LogP contribution in [-0.2, 0) is 14.9 Å². The van der Waals surface area contributed by atoms with Crippen LogP contribution in [0.5, 0.6) is 5.75 Å². The smallest absolute Gasteiger partial charge is 0.344 e. The van der Waals surface area contributed by atoms with Crippen LogP contribution >= 0.6 is 0 Å². The van der Waals surface area contributed by atoms with Gasteiger partial charge >= 0.3 is 5.97 Å². The number of fused-ring (bicyclic) bond motifs is 1. The van der Waals surface area contributed by atoms with Gasteiger partial charge in [0.15, 0.2) is 13.2 Å². The van der Waals surface area contributed by atoms with Gasteiger partial charge in [0, 0.05) is 5.56 Å². The number of benzene rings is 3. The highest BCUT2D eigenvalue weighted by atomic mass is 16.6. The lowest BCUT2D eigenvalue weighted by Gasteiger charge is -2.19. The average molecular weight is 376 g/mol. The van der Waals surface area contributed by atoms with Crippen molar-refractivity contribution in [3.63, 3.8) is 0 Å². The zero-order valence-electron chi connectivity index (χ0n) is 16.4. The Morgan fingerprint density at radius 3 is 2.21 bits per heavy atom. The molecule has 0 fully saturated rings. The van der Waals surface area contributed by atoms with Crippen LogP contribution in [0.3, 0.4) is 0 Å². The Balaban J connectivity index is 1.53. The minimum Gasteiger partial charge on any atom is -0.482 e. The van der Waals surface area contributed by atoms with Gasteiger partial charge in [-0.05, 0) is 33.9 Å². The fourth-order valence-electron chi connectivity index (χ4n) is 2.93. The second-order valence-electron chi connectivity index (χ2n) is 7.67. The van der Waals surface area contributed by atoms with E-state index in [0.29, 0.717) is 11.3 Å². The summed E-state index contributed by atoms with van der Waals surface area (Å²) in [6.07, 6.45) is 0. The Kier molecular flexibility index (Phi) is 5.78. The number of carbonyl (C=O) groups is 2. The Morgan fingerprint density at radius 2 is 1.50 bits per heavy atom. The Hall–Kier alpha value is -3.14. The maximum Gasteiger partial charge on any atom is 0.344 e. The second kappa shape index (κ2) is 8.26. The Morgan fingerprint density at radius 1 is 0.821 bits per heavy atom. The molecule has 4 nitrogen and oxygen atoms in total. The van der Waals surface area contributed by atoms with E-state index in [0.717, 1.165) is 10.8 Å². The molecule has 0 aliphatic rings. The van der Waals surface area contributed by atoms with Gasteiger partial charge in [-0.15, -0.1) is 0 Å². The van der Waals surface area contributed by atoms with E-state index in [-0.39, 0.29) is 24.4 Å². The van der Waals surface area contributed by atoms with E-state index in [1.165, 1.54) is 5.56 Å². The van der Waals surface area contributed by atoms with Gasteiger partial charge in [-0.1, -0.05) is 75.4 Å². The molecule has 0 atom stereocenters. The summed E-state index contributed by atoms with van der Waals surface area (Å²) in [6, 6.07) is 20.7. The zero-order chi connectivity index (χ0) is 20.1. The number of rotatable bonds is 6. The molecule has 0 aromatic heterocycles. The summed E-state index contributed by atoms with van der Waals surface area (Å²) in [5.74, 6) is -0.224. The molecule has 0 saturated heterocycles. The molecule has 0 N–H and O–H groups in total. The van der Waals surface area contributed by atoms with Crippen molar-refractivity contribution in [2.45, 2.75) is 26.2 Å². The quantitative estimate of drug-likeness (QED) is 0.452. The van der Waals surface area contributed by atoms with E-state index in [2.05, 4.69) is 20.8 Å². The first kappa shape index (κ1) is 19.6. The highest BCUT2D eigenvalue weighted by molar-refractivity contribution is 6.09. The third kappa shape index (κ3) is 4.77. The maximum absolute atomic E-state index is 12.5. The van der Waals surface area contributed by atoms with E-state index < -0.39 is 5.97 Å². The molecule has 0 unspecified atom stereocenters. The van der Waals surface area contributed by atoms with Crippen LogP contribution in [0.25, 0.3) is 10.8 Å². The van der Waals surface area contributed by atoms with Crippen molar-refractivity contribution in [2.75, 3.05) is 13.2 Å². The number of esters is 1. The molecule has 0 amide bonds. The van der Waals surface area contributed by atoms with E-state index >= 15 is 0 Å². The minimum absolute atomic E-state index is 0.0550. The lowest BCUT2D eigenvalue weighted by molar-refractivity contribution is -0.144. The molecule has 0 heterocycles. The monoisotopic (exact) mass is 376 g/mol. The largest absolute Gasteiger partial charge is 0.482 e. The molecule has 0 aliphatic carbocycles. The molecule has 0 spiro atoms. The van der Waals surface area contributed by atoms with Crippen LogP contribution in [0.1, 0.15) is 36.7 Å². The Labute approximate surface area is 165 Å².